The van der Waals surface area contributed by atoms with Crippen molar-refractivity contribution in [1.82, 2.24) is 0 Å². The van der Waals surface area contributed by atoms with E-state index in [1.165, 1.54) is 0 Å². The third-order valence-corrected chi connectivity index (χ3v) is 4.49. The first kappa shape index (κ1) is 20.3. The van der Waals surface area contributed by atoms with Gasteiger partial charge < -0.3 is 29.6 Å². The van der Waals surface area contributed by atoms with E-state index < -0.39 is 6.10 Å². The minimum atomic E-state index is -0.556. The number of hydrogen-bond acceptors (Lipinski definition) is 6. The largest absolute Gasteiger partial charge is 0.497 e. The van der Waals surface area contributed by atoms with E-state index in [1.807, 2.05) is 54.6 Å². The van der Waals surface area contributed by atoms with Crippen LogP contribution in [0.4, 0.5) is 5.69 Å². The summed E-state index contributed by atoms with van der Waals surface area (Å²) in [6.45, 7) is 1.61. The average molecular weight is 386 g/mol. The lowest BCUT2D eigenvalue weighted by molar-refractivity contribution is -0.148. The first-order valence-corrected chi connectivity index (χ1v) is 9.23. The van der Waals surface area contributed by atoms with Crippen molar-refractivity contribution in [3.63, 3.8) is 0 Å². The molecule has 2 aromatic carbocycles. The summed E-state index contributed by atoms with van der Waals surface area (Å²) in [4.78, 5) is 14.2. The number of rotatable bonds is 11. The summed E-state index contributed by atoms with van der Waals surface area (Å²) in [6.07, 6.45) is -0.556. The number of hydrogen-bond donors (Lipinski definition) is 1. The Kier molecular flexibility index (Phi) is 7.39. The SMILES string of the molecule is COc1ccc(N2C(=O)[C@@H](OCCN)[C@H]2COCOCc2ccccc2)cc1. The summed E-state index contributed by atoms with van der Waals surface area (Å²) in [7, 11) is 1.60. The van der Waals surface area contributed by atoms with Gasteiger partial charge in [0.2, 0.25) is 0 Å². The minimum absolute atomic E-state index is 0.0996. The zero-order valence-corrected chi connectivity index (χ0v) is 16.0. The van der Waals surface area contributed by atoms with Crippen LogP contribution in [0.5, 0.6) is 5.75 Å². The molecular weight excluding hydrogens is 360 g/mol. The van der Waals surface area contributed by atoms with E-state index in [0.29, 0.717) is 26.4 Å². The van der Waals surface area contributed by atoms with Crippen molar-refractivity contribution in [3.05, 3.63) is 60.2 Å². The second kappa shape index (κ2) is 10.2. The van der Waals surface area contributed by atoms with E-state index in [-0.39, 0.29) is 18.7 Å². The van der Waals surface area contributed by atoms with Crippen molar-refractivity contribution in [1.29, 1.82) is 0 Å². The van der Waals surface area contributed by atoms with Crippen molar-refractivity contribution in [2.75, 3.05) is 38.6 Å². The van der Waals surface area contributed by atoms with E-state index in [0.717, 1.165) is 17.0 Å². The number of benzene rings is 2. The van der Waals surface area contributed by atoms with Gasteiger partial charge in [-0.1, -0.05) is 30.3 Å². The molecule has 0 aromatic heterocycles. The Labute approximate surface area is 164 Å². The molecule has 1 aliphatic rings. The number of ether oxygens (including phenoxy) is 4. The molecule has 0 spiro atoms. The maximum Gasteiger partial charge on any atom is 0.258 e. The van der Waals surface area contributed by atoms with Crippen LogP contribution in [0.2, 0.25) is 0 Å². The van der Waals surface area contributed by atoms with E-state index in [2.05, 4.69) is 0 Å². The molecule has 1 saturated heterocycles. The maximum absolute atomic E-state index is 12.5. The zero-order chi connectivity index (χ0) is 19.8. The number of nitrogens with zero attached hydrogens (tertiary/aromatic N) is 1. The Hall–Kier alpha value is -2.45. The summed E-state index contributed by atoms with van der Waals surface area (Å²) >= 11 is 0. The quantitative estimate of drug-likeness (QED) is 0.361. The van der Waals surface area contributed by atoms with Crippen LogP contribution in [0, 0.1) is 0 Å². The Morgan fingerprint density at radius 3 is 2.46 bits per heavy atom. The van der Waals surface area contributed by atoms with Gasteiger partial charge in [-0.05, 0) is 29.8 Å². The van der Waals surface area contributed by atoms with Gasteiger partial charge in [-0.25, -0.2) is 0 Å². The normalized spacial score (nSPS) is 18.8. The molecule has 0 bridgehead atoms. The minimum Gasteiger partial charge on any atom is -0.497 e. The third kappa shape index (κ3) is 4.88. The highest BCUT2D eigenvalue weighted by atomic mass is 16.7. The van der Waals surface area contributed by atoms with Crippen molar-refractivity contribution in [2.24, 2.45) is 5.73 Å². The Morgan fingerprint density at radius 2 is 1.79 bits per heavy atom. The lowest BCUT2D eigenvalue weighted by Gasteiger charge is -2.46. The molecule has 1 fully saturated rings. The Balaban J connectivity index is 1.54. The molecule has 0 saturated carbocycles. The number of β-lactam (4-membered cyclic amide) rings is 1. The standard InChI is InChI=1S/C21H26N2O5/c1-25-18-9-7-17(8-10-18)23-19(20(21(23)24)28-12-11-22)14-27-15-26-13-16-5-3-2-4-6-16/h2-10,19-20H,11-15,22H2,1H3/t19-,20+/m1/s1. The molecule has 2 aromatic rings. The Morgan fingerprint density at radius 1 is 1.04 bits per heavy atom. The number of nitrogens with two attached hydrogens (primary N) is 1. The summed E-state index contributed by atoms with van der Waals surface area (Å²) in [5.41, 5.74) is 7.36. The smallest absolute Gasteiger partial charge is 0.258 e. The fraction of sp³-hybridized carbons (Fsp3) is 0.381. The van der Waals surface area contributed by atoms with Crippen LogP contribution in [0.15, 0.2) is 54.6 Å². The summed E-state index contributed by atoms with van der Waals surface area (Å²) in [6, 6.07) is 17.0. The molecule has 1 amide bonds. The van der Waals surface area contributed by atoms with Gasteiger partial charge in [0.25, 0.3) is 5.91 Å². The molecular formula is C21H26N2O5. The number of anilines is 1. The molecule has 150 valence electrons. The molecule has 28 heavy (non-hydrogen) atoms. The fourth-order valence-corrected chi connectivity index (χ4v) is 3.08. The highest BCUT2D eigenvalue weighted by Crippen LogP contribution is 2.31. The van der Waals surface area contributed by atoms with Gasteiger partial charge in [0.1, 0.15) is 12.5 Å². The maximum atomic E-state index is 12.5. The number of carbonyl (C=O) groups is 1. The second-order valence-corrected chi connectivity index (χ2v) is 6.38. The molecule has 2 atom stereocenters. The van der Waals surface area contributed by atoms with Gasteiger partial charge in [0.15, 0.2) is 6.10 Å². The molecule has 3 rings (SSSR count). The van der Waals surface area contributed by atoms with Crippen molar-refractivity contribution < 1.29 is 23.7 Å². The molecule has 0 radical (unpaired) electrons. The molecule has 0 aliphatic carbocycles. The summed E-state index contributed by atoms with van der Waals surface area (Å²) < 4.78 is 22.0. The first-order chi connectivity index (χ1) is 13.7. The third-order valence-electron chi connectivity index (χ3n) is 4.49. The zero-order valence-electron chi connectivity index (χ0n) is 16.0. The van der Waals surface area contributed by atoms with Crippen LogP contribution in [0.1, 0.15) is 5.56 Å². The molecule has 1 aliphatic heterocycles. The molecule has 2 N–H and O–H groups in total. The number of carbonyl (C=O) groups excluding carboxylic acids is 1. The van der Waals surface area contributed by atoms with Gasteiger partial charge in [0, 0.05) is 12.2 Å². The van der Waals surface area contributed by atoms with Crippen molar-refractivity contribution in [2.45, 2.75) is 18.8 Å². The topological polar surface area (TPSA) is 83.2 Å². The lowest BCUT2D eigenvalue weighted by atomic mass is 9.97. The van der Waals surface area contributed by atoms with Crippen LogP contribution in [-0.2, 0) is 25.6 Å². The van der Waals surface area contributed by atoms with E-state index in [1.54, 1.807) is 12.0 Å². The monoisotopic (exact) mass is 386 g/mol. The first-order valence-electron chi connectivity index (χ1n) is 9.23. The number of methoxy groups -OCH3 is 1. The van der Waals surface area contributed by atoms with E-state index in [4.69, 9.17) is 24.7 Å². The van der Waals surface area contributed by atoms with Crippen molar-refractivity contribution in [3.8, 4) is 5.75 Å². The summed E-state index contributed by atoms with van der Waals surface area (Å²) in [5.74, 6) is 0.632. The molecule has 7 heteroatoms. The fourth-order valence-electron chi connectivity index (χ4n) is 3.08. The second-order valence-electron chi connectivity index (χ2n) is 6.38. The molecule has 7 nitrogen and oxygen atoms in total. The highest BCUT2D eigenvalue weighted by Gasteiger charge is 2.49. The predicted molar refractivity (Wildman–Crippen MR) is 105 cm³/mol. The molecule has 0 unspecified atom stereocenters. The number of amides is 1. The van der Waals surface area contributed by atoms with Crippen LogP contribution in [0.3, 0.4) is 0 Å². The van der Waals surface area contributed by atoms with Gasteiger partial charge in [-0.15, -0.1) is 0 Å². The predicted octanol–water partition coefficient (Wildman–Crippen LogP) is 1.95. The lowest BCUT2D eigenvalue weighted by Crippen LogP contribution is -2.68. The van der Waals surface area contributed by atoms with E-state index >= 15 is 0 Å². The van der Waals surface area contributed by atoms with Crippen LogP contribution in [-0.4, -0.2) is 51.7 Å². The molecule has 1 heterocycles. The highest BCUT2D eigenvalue weighted by molar-refractivity contribution is 6.04. The van der Waals surface area contributed by atoms with Gasteiger partial charge in [-0.2, -0.15) is 0 Å². The van der Waals surface area contributed by atoms with Crippen molar-refractivity contribution >= 4 is 11.6 Å². The van der Waals surface area contributed by atoms with Crippen LogP contribution < -0.4 is 15.4 Å². The average Bonchev–Trinajstić information content (AvgIpc) is 2.74. The Bertz CT molecular complexity index is 738. The van der Waals surface area contributed by atoms with Gasteiger partial charge in [-0.3, -0.25) is 4.79 Å². The van der Waals surface area contributed by atoms with Crippen LogP contribution >= 0.6 is 0 Å². The van der Waals surface area contributed by atoms with Gasteiger partial charge in [0.05, 0.1) is 33.0 Å². The van der Waals surface area contributed by atoms with E-state index in [9.17, 15) is 4.79 Å². The van der Waals surface area contributed by atoms with Gasteiger partial charge >= 0.3 is 0 Å². The van der Waals surface area contributed by atoms with Crippen LogP contribution in [0.25, 0.3) is 0 Å². The summed E-state index contributed by atoms with van der Waals surface area (Å²) in [5, 5.41) is 0.